The van der Waals surface area contributed by atoms with Crippen LogP contribution >= 0.6 is 0 Å². The van der Waals surface area contributed by atoms with E-state index in [1.807, 2.05) is 17.0 Å². The van der Waals surface area contributed by atoms with Gasteiger partial charge in [-0.25, -0.2) is 0 Å². The second-order valence-corrected chi connectivity index (χ2v) is 5.91. The van der Waals surface area contributed by atoms with Crippen molar-refractivity contribution in [1.29, 1.82) is 0 Å². The van der Waals surface area contributed by atoms with Gasteiger partial charge in [0.05, 0.1) is 0 Å². The number of anilines is 1. The van der Waals surface area contributed by atoms with Crippen molar-refractivity contribution in [3.05, 3.63) is 29.8 Å². The number of nitrogen functional groups attached to an aromatic ring is 1. The quantitative estimate of drug-likeness (QED) is 0.820. The van der Waals surface area contributed by atoms with E-state index in [1.54, 1.807) is 12.1 Å². The number of hydrogen-bond donors (Lipinski definition) is 1. The minimum Gasteiger partial charge on any atom is -0.399 e. The summed E-state index contributed by atoms with van der Waals surface area (Å²) < 4.78 is 0. The third kappa shape index (κ3) is 2.10. The molecule has 0 radical (unpaired) electrons. The standard InChI is InChI=1S/C15H21N3O/c1-10(2)17-8-14-7-13(17)9-18(14)15(19)11-3-5-12(16)6-4-11/h3-6,10,13-14H,7-9,16H2,1-2H3/t13-,14-/m1/s1. The van der Waals surface area contributed by atoms with Gasteiger partial charge in [0.15, 0.2) is 0 Å². The minimum atomic E-state index is 0.149. The predicted octanol–water partition coefficient (Wildman–Crippen LogP) is 1.58. The monoisotopic (exact) mass is 259 g/mol. The Bertz CT molecular complexity index is 483. The Balaban J connectivity index is 1.73. The lowest BCUT2D eigenvalue weighted by atomic mass is 10.1. The second-order valence-electron chi connectivity index (χ2n) is 5.91. The molecule has 102 valence electrons. The van der Waals surface area contributed by atoms with Crippen LogP contribution in [0.3, 0.4) is 0 Å². The van der Waals surface area contributed by atoms with Crippen LogP contribution < -0.4 is 5.73 Å². The normalized spacial score (nSPS) is 26.4. The van der Waals surface area contributed by atoms with E-state index in [-0.39, 0.29) is 5.91 Å². The topological polar surface area (TPSA) is 49.6 Å². The van der Waals surface area contributed by atoms with E-state index in [9.17, 15) is 4.79 Å². The Morgan fingerprint density at radius 3 is 2.42 bits per heavy atom. The number of carbonyl (C=O) groups is 1. The fraction of sp³-hybridized carbons (Fsp3) is 0.533. The number of nitrogens with zero attached hydrogens (tertiary/aromatic N) is 2. The lowest BCUT2D eigenvalue weighted by Gasteiger charge is -2.36. The zero-order valence-electron chi connectivity index (χ0n) is 11.5. The summed E-state index contributed by atoms with van der Waals surface area (Å²) in [6.45, 7) is 6.34. The minimum absolute atomic E-state index is 0.149. The van der Waals surface area contributed by atoms with E-state index >= 15 is 0 Å². The van der Waals surface area contributed by atoms with Gasteiger partial charge in [-0.3, -0.25) is 9.69 Å². The fourth-order valence-electron chi connectivity index (χ4n) is 3.37. The molecule has 0 unspecified atom stereocenters. The van der Waals surface area contributed by atoms with E-state index in [0.717, 1.165) is 25.1 Å². The summed E-state index contributed by atoms with van der Waals surface area (Å²) in [6, 6.07) is 8.74. The first-order chi connectivity index (χ1) is 9.06. The van der Waals surface area contributed by atoms with Gasteiger partial charge in [-0.05, 0) is 44.5 Å². The molecule has 1 amide bonds. The molecule has 2 heterocycles. The molecule has 2 aliphatic heterocycles. The highest BCUT2D eigenvalue weighted by atomic mass is 16.2. The zero-order valence-corrected chi connectivity index (χ0v) is 11.5. The predicted molar refractivity (Wildman–Crippen MR) is 75.9 cm³/mol. The number of piperazine rings is 1. The van der Waals surface area contributed by atoms with Gasteiger partial charge in [0.1, 0.15) is 0 Å². The van der Waals surface area contributed by atoms with Gasteiger partial charge in [0.25, 0.3) is 5.91 Å². The summed E-state index contributed by atoms with van der Waals surface area (Å²) in [7, 11) is 0. The van der Waals surface area contributed by atoms with Crippen molar-refractivity contribution in [2.75, 3.05) is 18.8 Å². The molecule has 19 heavy (non-hydrogen) atoms. The first kappa shape index (κ1) is 12.5. The van der Waals surface area contributed by atoms with Crippen molar-refractivity contribution in [2.24, 2.45) is 0 Å². The molecule has 2 aliphatic rings. The van der Waals surface area contributed by atoms with Crippen LogP contribution in [0.4, 0.5) is 5.69 Å². The van der Waals surface area contributed by atoms with Crippen LogP contribution in [0.15, 0.2) is 24.3 Å². The van der Waals surface area contributed by atoms with E-state index in [1.165, 1.54) is 0 Å². The SMILES string of the molecule is CC(C)N1C[C@H]2C[C@@H]1CN2C(=O)c1ccc(N)cc1. The largest absolute Gasteiger partial charge is 0.399 e. The molecule has 2 N–H and O–H groups in total. The fourth-order valence-corrected chi connectivity index (χ4v) is 3.37. The van der Waals surface area contributed by atoms with Crippen LogP contribution in [0.1, 0.15) is 30.6 Å². The summed E-state index contributed by atoms with van der Waals surface area (Å²) in [6.07, 6.45) is 1.12. The maximum Gasteiger partial charge on any atom is 0.254 e. The Morgan fingerprint density at radius 1 is 1.21 bits per heavy atom. The highest BCUT2D eigenvalue weighted by Gasteiger charge is 2.45. The highest BCUT2D eigenvalue weighted by Crippen LogP contribution is 2.33. The number of likely N-dealkylation sites (tertiary alicyclic amines) is 2. The Kier molecular flexibility index (Phi) is 2.97. The number of rotatable bonds is 2. The van der Waals surface area contributed by atoms with Crippen molar-refractivity contribution in [3.63, 3.8) is 0 Å². The molecule has 2 fully saturated rings. The van der Waals surface area contributed by atoms with Gasteiger partial charge in [-0.1, -0.05) is 0 Å². The maximum absolute atomic E-state index is 12.5. The van der Waals surface area contributed by atoms with Gasteiger partial charge in [-0.2, -0.15) is 0 Å². The highest BCUT2D eigenvalue weighted by molar-refractivity contribution is 5.95. The first-order valence-corrected chi connectivity index (χ1v) is 6.98. The summed E-state index contributed by atoms with van der Waals surface area (Å²) >= 11 is 0. The molecule has 1 aromatic rings. The number of carbonyl (C=O) groups excluding carboxylic acids is 1. The molecule has 1 aromatic carbocycles. The maximum atomic E-state index is 12.5. The molecule has 2 bridgehead atoms. The van der Waals surface area contributed by atoms with E-state index in [4.69, 9.17) is 5.73 Å². The molecule has 2 saturated heterocycles. The summed E-state index contributed by atoms with van der Waals surface area (Å²) in [4.78, 5) is 17.0. The first-order valence-electron chi connectivity index (χ1n) is 6.98. The number of amides is 1. The lowest BCUT2D eigenvalue weighted by Crippen LogP contribution is -2.50. The number of nitrogens with two attached hydrogens (primary N) is 1. The van der Waals surface area contributed by atoms with Crippen molar-refractivity contribution < 1.29 is 4.79 Å². The van der Waals surface area contributed by atoms with Crippen LogP contribution in [-0.2, 0) is 0 Å². The number of fused-ring (bicyclic) bond motifs is 2. The Morgan fingerprint density at radius 2 is 1.89 bits per heavy atom. The van der Waals surface area contributed by atoms with Crippen molar-refractivity contribution in [2.45, 2.75) is 38.4 Å². The average Bonchev–Trinajstić information content (AvgIpc) is 2.98. The van der Waals surface area contributed by atoms with Gasteiger partial charge >= 0.3 is 0 Å². The molecule has 0 aromatic heterocycles. The van der Waals surface area contributed by atoms with Crippen LogP contribution in [0.2, 0.25) is 0 Å². The summed E-state index contributed by atoms with van der Waals surface area (Å²) in [5, 5.41) is 0. The van der Waals surface area contributed by atoms with Gasteiger partial charge in [0, 0.05) is 42.5 Å². The molecular weight excluding hydrogens is 238 g/mol. The molecule has 0 spiro atoms. The molecule has 0 aliphatic carbocycles. The van der Waals surface area contributed by atoms with Crippen LogP contribution in [-0.4, -0.2) is 46.9 Å². The third-order valence-electron chi connectivity index (χ3n) is 4.36. The molecule has 4 heteroatoms. The zero-order chi connectivity index (χ0) is 13.6. The summed E-state index contributed by atoms with van der Waals surface area (Å²) in [5.41, 5.74) is 7.11. The van der Waals surface area contributed by atoms with E-state index < -0.39 is 0 Å². The van der Waals surface area contributed by atoms with Gasteiger partial charge in [0.2, 0.25) is 0 Å². The van der Waals surface area contributed by atoms with E-state index in [0.29, 0.717) is 23.8 Å². The molecule has 0 saturated carbocycles. The smallest absolute Gasteiger partial charge is 0.254 e. The van der Waals surface area contributed by atoms with Crippen LogP contribution in [0, 0.1) is 0 Å². The Hall–Kier alpha value is -1.55. The number of hydrogen-bond acceptors (Lipinski definition) is 3. The van der Waals surface area contributed by atoms with Crippen molar-refractivity contribution in [1.82, 2.24) is 9.80 Å². The van der Waals surface area contributed by atoms with Crippen LogP contribution in [0.25, 0.3) is 0 Å². The third-order valence-corrected chi connectivity index (χ3v) is 4.36. The Labute approximate surface area is 114 Å². The molecule has 2 atom stereocenters. The van der Waals surface area contributed by atoms with Crippen LogP contribution in [0.5, 0.6) is 0 Å². The summed E-state index contributed by atoms with van der Waals surface area (Å²) in [5.74, 6) is 0.149. The molecular formula is C15H21N3O. The van der Waals surface area contributed by atoms with E-state index in [2.05, 4.69) is 18.7 Å². The van der Waals surface area contributed by atoms with Gasteiger partial charge in [-0.15, -0.1) is 0 Å². The van der Waals surface area contributed by atoms with Crippen molar-refractivity contribution in [3.8, 4) is 0 Å². The van der Waals surface area contributed by atoms with Crippen molar-refractivity contribution >= 4 is 11.6 Å². The van der Waals surface area contributed by atoms with Gasteiger partial charge < -0.3 is 10.6 Å². The second kappa shape index (κ2) is 4.53. The average molecular weight is 259 g/mol. The molecule has 4 nitrogen and oxygen atoms in total. The lowest BCUT2D eigenvalue weighted by molar-refractivity contribution is 0.0583. The number of benzene rings is 1. The molecule has 3 rings (SSSR count).